The molecule has 1 atom stereocenters. The van der Waals surface area contributed by atoms with Crippen LogP contribution in [0, 0.1) is 0 Å². The van der Waals surface area contributed by atoms with Gasteiger partial charge >= 0.3 is 5.97 Å². The minimum absolute atomic E-state index is 0.104. The monoisotopic (exact) mass is 281 g/mol. The molecule has 1 aliphatic rings. The van der Waals surface area contributed by atoms with E-state index in [1.165, 1.54) is 12.8 Å². The fourth-order valence-electron chi connectivity index (χ4n) is 2.50. The molecule has 0 amide bonds. The Balaban J connectivity index is 1.75. The molecule has 1 aliphatic heterocycles. The molecule has 1 aromatic heterocycles. The Bertz CT molecular complexity index is 427. The molecule has 20 heavy (non-hydrogen) atoms. The molecule has 0 radical (unpaired) electrons. The van der Waals surface area contributed by atoms with Crippen molar-refractivity contribution < 1.29 is 14.6 Å². The van der Waals surface area contributed by atoms with Crippen LogP contribution in [-0.4, -0.2) is 52.1 Å². The zero-order valence-corrected chi connectivity index (χ0v) is 12.0. The van der Waals surface area contributed by atoms with Crippen LogP contribution in [0.2, 0.25) is 0 Å². The van der Waals surface area contributed by atoms with Gasteiger partial charge < -0.3 is 9.84 Å². The van der Waals surface area contributed by atoms with Crippen LogP contribution < -0.4 is 0 Å². The first kappa shape index (κ1) is 15.0. The van der Waals surface area contributed by atoms with E-state index >= 15 is 0 Å². The lowest BCUT2D eigenvalue weighted by Gasteiger charge is -2.27. The summed E-state index contributed by atoms with van der Waals surface area (Å²) in [5, 5.41) is 12.8. The number of ether oxygens (including phenoxy) is 1. The van der Waals surface area contributed by atoms with Gasteiger partial charge in [-0.1, -0.05) is 0 Å². The molecule has 2 heterocycles. The van der Waals surface area contributed by atoms with Crippen LogP contribution in [0.1, 0.15) is 31.2 Å². The Kier molecular flexibility index (Phi) is 5.55. The molecule has 1 N–H and O–H groups in total. The molecular formula is C14H23N3O3. The fourth-order valence-corrected chi connectivity index (χ4v) is 2.50. The molecule has 0 saturated carbocycles. The number of hydrogen-bond donors (Lipinski definition) is 1. The minimum Gasteiger partial charge on any atom is -0.481 e. The number of hydrogen-bond acceptors (Lipinski definition) is 4. The standard InChI is InChI=1S/C14H23N3O3/c1-16(11-13-4-2-3-7-20-13)9-12-8-15-17(10-12)6-5-14(18)19/h8,10,13H,2-7,9,11H2,1H3,(H,18,19). The molecule has 1 aromatic rings. The van der Waals surface area contributed by atoms with E-state index in [0.717, 1.165) is 31.7 Å². The van der Waals surface area contributed by atoms with Gasteiger partial charge in [0.25, 0.3) is 0 Å². The highest BCUT2D eigenvalue weighted by Crippen LogP contribution is 2.14. The van der Waals surface area contributed by atoms with E-state index in [9.17, 15) is 4.79 Å². The van der Waals surface area contributed by atoms with Gasteiger partial charge in [-0.25, -0.2) is 0 Å². The maximum atomic E-state index is 10.5. The number of aromatic nitrogens is 2. The van der Waals surface area contributed by atoms with E-state index in [0.29, 0.717) is 12.6 Å². The molecule has 1 fully saturated rings. The summed E-state index contributed by atoms with van der Waals surface area (Å²) >= 11 is 0. The van der Waals surface area contributed by atoms with Crippen LogP contribution in [-0.2, 0) is 22.6 Å². The molecule has 0 bridgehead atoms. The first-order chi connectivity index (χ1) is 9.63. The van der Waals surface area contributed by atoms with Crippen molar-refractivity contribution in [2.75, 3.05) is 20.2 Å². The van der Waals surface area contributed by atoms with Crippen LogP contribution >= 0.6 is 0 Å². The highest BCUT2D eigenvalue weighted by Gasteiger charge is 2.16. The van der Waals surface area contributed by atoms with Crippen LogP contribution in [0.15, 0.2) is 12.4 Å². The summed E-state index contributed by atoms with van der Waals surface area (Å²) in [4.78, 5) is 12.7. The molecule has 0 aromatic carbocycles. The summed E-state index contributed by atoms with van der Waals surface area (Å²) in [7, 11) is 2.08. The number of aliphatic carboxylic acids is 1. The number of rotatable bonds is 7. The van der Waals surface area contributed by atoms with Gasteiger partial charge in [-0.2, -0.15) is 5.10 Å². The largest absolute Gasteiger partial charge is 0.481 e. The molecule has 0 aliphatic carbocycles. The summed E-state index contributed by atoms with van der Waals surface area (Å²) in [6.07, 6.45) is 7.74. The van der Waals surface area contributed by atoms with Gasteiger partial charge in [-0.15, -0.1) is 0 Å². The molecular weight excluding hydrogens is 258 g/mol. The molecule has 112 valence electrons. The van der Waals surface area contributed by atoms with Crippen molar-refractivity contribution in [2.24, 2.45) is 0 Å². The van der Waals surface area contributed by atoms with Gasteiger partial charge in [-0.05, 0) is 26.3 Å². The van der Waals surface area contributed by atoms with Crippen molar-refractivity contribution >= 4 is 5.97 Å². The van der Waals surface area contributed by atoms with Gasteiger partial charge in [0.1, 0.15) is 0 Å². The lowest BCUT2D eigenvalue weighted by atomic mass is 10.1. The number of nitrogens with zero attached hydrogens (tertiary/aromatic N) is 3. The second kappa shape index (κ2) is 7.40. The van der Waals surface area contributed by atoms with Gasteiger partial charge in [0.2, 0.25) is 0 Å². The Morgan fingerprint density at radius 2 is 2.45 bits per heavy atom. The minimum atomic E-state index is -0.798. The third-order valence-electron chi connectivity index (χ3n) is 3.48. The number of aryl methyl sites for hydroxylation is 1. The zero-order valence-electron chi connectivity index (χ0n) is 12.0. The van der Waals surface area contributed by atoms with Crippen LogP contribution in [0.4, 0.5) is 0 Å². The predicted molar refractivity (Wildman–Crippen MR) is 74.4 cm³/mol. The maximum Gasteiger partial charge on any atom is 0.305 e. The average Bonchev–Trinajstić information content (AvgIpc) is 2.85. The average molecular weight is 281 g/mol. The van der Waals surface area contributed by atoms with E-state index in [4.69, 9.17) is 9.84 Å². The Labute approximate surface area is 119 Å². The van der Waals surface area contributed by atoms with E-state index in [1.807, 2.05) is 6.20 Å². The number of carbonyl (C=O) groups is 1. The van der Waals surface area contributed by atoms with Crippen LogP contribution in [0.25, 0.3) is 0 Å². The third-order valence-corrected chi connectivity index (χ3v) is 3.48. The third kappa shape index (κ3) is 4.94. The van der Waals surface area contributed by atoms with Gasteiger partial charge in [0.05, 0.1) is 25.3 Å². The second-order valence-corrected chi connectivity index (χ2v) is 5.44. The highest BCUT2D eigenvalue weighted by atomic mass is 16.5. The first-order valence-corrected chi connectivity index (χ1v) is 7.17. The Hall–Kier alpha value is -1.40. The van der Waals surface area contributed by atoms with Gasteiger partial charge in [0, 0.05) is 31.5 Å². The van der Waals surface area contributed by atoms with E-state index < -0.39 is 5.97 Å². The molecule has 6 nitrogen and oxygen atoms in total. The molecule has 1 saturated heterocycles. The smallest absolute Gasteiger partial charge is 0.305 e. The lowest BCUT2D eigenvalue weighted by Crippen LogP contribution is -2.32. The van der Waals surface area contributed by atoms with Crippen LogP contribution in [0.3, 0.4) is 0 Å². The summed E-state index contributed by atoms with van der Waals surface area (Å²) in [6, 6.07) is 0. The lowest BCUT2D eigenvalue weighted by molar-refractivity contribution is -0.137. The molecule has 1 unspecified atom stereocenters. The second-order valence-electron chi connectivity index (χ2n) is 5.44. The number of carboxylic acids is 1. The van der Waals surface area contributed by atoms with Crippen molar-refractivity contribution in [1.29, 1.82) is 0 Å². The quantitative estimate of drug-likeness (QED) is 0.817. The zero-order chi connectivity index (χ0) is 14.4. The summed E-state index contributed by atoms with van der Waals surface area (Å²) in [5.41, 5.74) is 1.11. The summed E-state index contributed by atoms with van der Waals surface area (Å²) in [6.45, 7) is 3.05. The maximum absolute atomic E-state index is 10.5. The van der Waals surface area contributed by atoms with E-state index in [-0.39, 0.29) is 6.42 Å². The molecule has 0 spiro atoms. The van der Waals surface area contributed by atoms with Gasteiger partial charge in [0.15, 0.2) is 0 Å². The fraction of sp³-hybridized carbons (Fsp3) is 0.714. The van der Waals surface area contributed by atoms with Gasteiger partial charge in [-0.3, -0.25) is 14.4 Å². The summed E-state index contributed by atoms with van der Waals surface area (Å²) < 4.78 is 7.42. The highest BCUT2D eigenvalue weighted by molar-refractivity contribution is 5.66. The normalized spacial score (nSPS) is 19.4. The predicted octanol–water partition coefficient (Wildman–Crippen LogP) is 1.36. The summed E-state index contributed by atoms with van der Waals surface area (Å²) in [5.74, 6) is -0.798. The van der Waals surface area contributed by atoms with Crippen molar-refractivity contribution in [3.05, 3.63) is 18.0 Å². The van der Waals surface area contributed by atoms with E-state index in [1.54, 1.807) is 10.9 Å². The van der Waals surface area contributed by atoms with Crippen molar-refractivity contribution in [2.45, 2.75) is 44.9 Å². The van der Waals surface area contributed by atoms with Crippen LogP contribution in [0.5, 0.6) is 0 Å². The van der Waals surface area contributed by atoms with Crippen molar-refractivity contribution in [1.82, 2.24) is 14.7 Å². The Morgan fingerprint density at radius 3 is 3.15 bits per heavy atom. The SMILES string of the molecule is CN(Cc1cnn(CCC(=O)O)c1)CC1CCCCO1. The molecule has 6 heteroatoms. The first-order valence-electron chi connectivity index (χ1n) is 7.17. The van der Waals surface area contributed by atoms with E-state index in [2.05, 4.69) is 17.0 Å². The molecule has 2 rings (SSSR count). The van der Waals surface area contributed by atoms with Crippen molar-refractivity contribution in [3.8, 4) is 0 Å². The topological polar surface area (TPSA) is 67.6 Å². The number of carboxylic acid groups (broad SMARTS) is 1. The Morgan fingerprint density at radius 1 is 1.60 bits per heavy atom. The van der Waals surface area contributed by atoms with Crippen molar-refractivity contribution in [3.63, 3.8) is 0 Å². The number of likely N-dealkylation sites (N-methyl/N-ethyl adjacent to an activating group) is 1.